The van der Waals surface area contributed by atoms with Crippen LogP contribution in [-0.2, 0) is 11.8 Å². The fourth-order valence-electron chi connectivity index (χ4n) is 0.364. The molecule has 0 atom stereocenters. The molecule has 1 saturated heterocycles. The molecule has 72 valence electrons. The van der Waals surface area contributed by atoms with Crippen molar-refractivity contribution in [3.8, 4) is 0 Å². The van der Waals surface area contributed by atoms with Gasteiger partial charge >= 0.3 is 0 Å². The highest BCUT2D eigenvalue weighted by atomic mass is 34.0. The summed E-state index contributed by atoms with van der Waals surface area (Å²) in [6, 6.07) is 0. The van der Waals surface area contributed by atoms with Crippen LogP contribution >= 0.6 is 64.6 Å². The highest BCUT2D eigenvalue weighted by Crippen LogP contribution is 2.88. The van der Waals surface area contributed by atoms with Crippen molar-refractivity contribution in [2.75, 3.05) is 0 Å². The van der Waals surface area contributed by atoms with Crippen molar-refractivity contribution in [3.05, 3.63) is 0 Å². The van der Waals surface area contributed by atoms with Gasteiger partial charge in [-0.05, 0) is 60.1 Å². The van der Waals surface area contributed by atoms with Gasteiger partial charge in [-0.1, -0.05) is 32.6 Å². The summed E-state index contributed by atoms with van der Waals surface area (Å²) in [5.41, 5.74) is 0. The second kappa shape index (κ2) is 5.19. The summed E-state index contributed by atoms with van der Waals surface area (Å²) in [6.45, 7) is 6.78. The zero-order valence-electron chi connectivity index (χ0n) is 6.80. The predicted octanol–water partition coefficient (Wildman–Crippen LogP) is 6.08. The van der Waals surface area contributed by atoms with E-state index in [9.17, 15) is 0 Å². The molecule has 1 aliphatic heterocycles. The van der Waals surface area contributed by atoms with Crippen LogP contribution in [-0.4, -0.2) is 5.16 Å². The maximum atomic E-state index is 5.75. The summed E-state index contributed by atoms with van der Waals surface area (Å²) in [5.74, 6) is 0. The Labute approximate surface area is 101 Å². The van der Waals surface area contributed by atoms with E-state index in [0.29, 0.717) is 0 Å². The molecule has 0 amide bonds. The van der Waals surface area contributed by atoms with Gasteiger partial charge in [0.05, 0.1) is 4.44 Å². The molecule has 0 nitrogen and oxygen atoms in total. The molecule has 0 aromatic carbocycles. The molecule has 0 aromatic heterocycles. The number of hydrogen-bond acceptors (Lipinski definition) is 7. The van der Waals surface area contributed by atoms with Gasteiger partial charge in [-0.2, -0.15) is 0 Å². The summed E-state index contributed by atoms with van der Waals surface area (Å²) >= 11 is 5.75. The van der Waals surface area contributed by atoms with Gasteiger partial charge in [-0.15, -0.1) is 0 Å². The largest absolute Gasteiger partial charge is 0.0848 e. The molecule has 0 unspecified atom stereocenters. The lowest BCUT2D eigenvalue weighted by Crippen LogP contribution is -2.09. The second-order valence-electron chi connectivity index (χ2n) is 3.09. The molecule has 0 bridgehead atoms. The van der Waals surface area contributed by atoms with E-state index in [1.165, 1.54) is 0 Å². The quantitative estimate of drug-likeness (QED) is 0.387. The Balaban J connectivity index is 2.74. The van der Waals surface area contributed by atoms with Crippen molar-refractivity contribution >= 4 is 76.4 Å². The minimum Gasteiger partial charge on any atom is -0.0720 e. The number of rotatable bonds is 0. The van der Waals surface area contributed by atoms with E-state index in [1.54, 1.807) is 0 Å². The van der Waals surface area contributed by atoms with Crippen LogP contribution in [0.5, 0.6) is 0 Å². The Hall–Kier alpha value is 2.75. The molecule has 1 fully saturated rings. The van der Waals surface area contributed by atoms with Gasteiger partial charge in [0.15, 0.2) is 0 Å². The Morgan fingerprint density at radius 2 is 1.33 bits per heavy atom. The minimum absolute atomic E-state index is 0.281. The first kappa shape index (κ1) is 12.8. The first-order chi connectivity index (χ1) is 5.46. The highest BCUT2D eigenvalue weighted by Gasteiger charge is 2.35. The van der Waals surface area contributed by atoms with E-state index in [4.69, 9.17) is 11.8 Å². The SMILES string of the molecule is CC(C)(C)P1(=S)SSSSSS1. The van der Waals surface area contributed by atoms with Crippen LogP contribution in [0.15, 0.2) is 0 Å². The van der Waals surface area contributed by atoms with Gasteiger partial charge in [-0.25, -0.2) is 0 Å². The standard InChI is InChI=1S/C4H9PS7/c1-4(2,3)5(6)7-9-11-12-10-8-5/h1-3H3. The monoisotopic (exact) mass is 312 g/mol. The fraction of sp³-hybridized carbons (Fsp3) is 1.00. The zero-order valence-corrected chi connectivity index (χ0v) is 13.4. The zero-order chi connectivity index (χ0) is 9.24. The average molecular weight is 313 g/mol. The van der Waals surface area contributed by atoms with E-state index in [1.807, 2.05) is 60.1 Å². The Morgan fingerprint density at radius 3 is 1.67 bits per heavy atom. The van der Waals surface area contributed by atoms with Crippen LogP contribution in [0.25, 0.3) is 0 Å². The summed E-state index contributed by atoms with van der Waals surface area (Å²) in [7, 11) is 11.2. The fourth-order valence-corrected chi connectivity index (χ4v) is 35.1. The molecule has 0 aromatic rings. The lowest BCUT2D eigenvalue weighted by atomic mass is 10.3. The third kappa shape index (κ3) is 3.40. The number of hydrogen-bond donors (Lipinski definition) is 0. The first-order valence-electron chi connectivity index (χ1n) is 3.10. The van der Waals surface area contributed by atoms with Crippen molar-refractivity contribution in [1.29, 1.82) is 0 Å². The normalized spacial score (nSPS) is 24.9. The molecule has 1 aliphatic rings. The molecule has 8 heteroatoms. The van der Waals surface area contributed by atoms with Gasteiger partial charge in [0.25, 0.3) is 0 Å². The lowest BCUT2D eigenvalue weighted by Gasteiger charge is -2.30. The Morgan fingerprint density at radius 1 is 0.917 bits per heavy atom. The van der Waals surface area contributed by atoms with E-state index >= 15 is 0 Å². The van der Waals surface area contributed by atoms with Gasteiger partial charge in [0.2, 0.25) is 0 Å². The summed E-state index contributed by atoms with van der Waals surface area (Å²) in [4.78, 5) is 0. The molecule has 0 radical (unpaired) electrons. The van der Waals surface area contributed by atoms with Crippen molar-refractivity contribution in [1.82, 2.24) is 0 Å². The van der Waals surface area contributed by atoms with Crippen LogP contribution in [0.3, 0.4) is 0 Å². The van der Waals surface area contributed by atoms with Crippen molar-refractivity contribution in [2.45, 2.75) is 25.9 Å². The van der Waals surface area contributed by atoms with Crippen molar-refractivity contribution in [2.24, 2.45) is 0 Å². The van der Waals surface area contributed by atoms with E-state index < -0.39 is 4.44 Å². The van der Waals surface area contributed by atoms with E-state index in [2.05, 4.69) is 20.8 Å². The first-order valence-corrected chi connectivity index (χ1v) is 14.6. The van der Waals surface area contributed by atoms with Crippen molar-refractivity contribution < 1.29 is 0 Å². The van der Waals surface area contributed by atoms with Crippen LogP contribution in [0.1, 0.15) is 20.8 Å². The molecule has 0 saturated carbocycles. The summed E-state index contributed by atoms with van der Waals surface area (Å²) in [5, 5.41) is 0.281. The topological polar surface area (TPSA) is 0 Å². The predicted molar refractivity (Wildman–Crippen MR) is 79.6 cm³/mol. The smallest absolute Gasteiger partial charge is 0.0720 e. The van der Waals surface area contributed by atoms with Crippen molar-refractivity contribution in [3.63, 3.8) is 0 Å². The molecule has 0 spiro atoms. The molecule has 1 heterocycles. The average Bonchev–Trinajstić information content (AvgIpc) is 2.12. The Bertz CT molecular complexity index is 184. The lowest BCUT2D eigenvalue weighted by molar-refractivity contribution is 0.799. The summed E-state index contributed by atoms with van der Waals surface area (Å²) < 4.78 is -1.29. The van der Waals surface area contributed by atoms with Crippen LogP contribution in [0.2, 0.25) is 0 Å². The van der Waals surface area contributed by atoms with E-state index in [-0.39, 0.29) is 5.16 Å². The van der Waals surface area contributed by atoms with E-state index in [0.717, 1.165) is 0 Å². The molecule has 12 heavy (non-hydrogen) atoms. The summed E-state index contributed by atoms with van der Waals surface area (Å²) in [6.07, 6.45) is 0. The second-order valence-corrected chi connectivity index (χ2v) is 23.4. The van der Waals surface area contributed by atoms with Gasteiger partial charge in [0, 0.05) is 5.16 Å². The van der Waals surface area contributed by atoms with Gasteiger partial charge < -0.3 is 0 Å². The third-order valence-electron chi connectivity index (χ3n) is 1.16. The van der Waals surface area contributed by atoms with Gasteiger partial charge in [-0.3, -0.25) is 0 Å². The van der Waals surface area contributed by atoms with Crippen LogP contribution in [0, 0.1) is 0 Å². The molecule has 0 N–H and O–H groups in total. The highest BCUT2D eigenvalue weighted by molar-refractivity contribution is 9.56. The molecule has 0 aliphatic carbocycles. The van der Waals surface area contributed by atoms with Gasteiger partial charge in [0.1, 0.15) is 0 Å². The van der Waals surface area contributed by atoms with Crippen LogP contribution < -0.4 is 0 Å². The Kier molecular flexibility index (Phi) is 5.55. The maximum absolute atomic E-state index is 5.75. The molecular formula is C4H9PS7. The third-order valence-corrected chi connectivity index (χ3v) is 30.9. The molecule has 1 rings (SSSR count). The van der Waals surface area contributed by atoms with Crippen LogP contribution in [0.4, 0.5) is 0 Å². The molecular weight excluding hydrogens is 303 g/mol. The maximum Gasteiger partial charge on any atom is 0.0848 e. The minimum atomic E-state index is -1.29.